The molecule has 5 heteroatoms. The highest BCUT2D eigenvalue weighted by atomic mass is 32.1. The molecule has 0 bridgehead atoms. The molecule has 4 aromatic rings. The van der Waals surface area contributed by atoms with Crippen LogP contribution in [0.25, 0.3) is 20.8 Å². The van der Waals surface area contributed by atoms with Gasteiger partial charge in [0.1, 0.15) is 10.0 Å². The molecule has 1 N–H and O–H groups in total. The maximum absolute atomic E-state index is 12.8. The van der Waals surface area contributed by atoms with E-state index in [0.717, 1.165) is 39.5 Å². The van der Waals surface area contributed by atoms with Crippen molar-refractivity contribution in [2.24, 2.45) is 0 Å². The van der Waals surface area contributed by atoms with Crippen LogP contribution < -0.4 is 5.32 Å². The summed E-state index contributed by atoms with van der Waals surface area (Å²) >= 11 is 3.46. The van der Waals surface area contributed by atoms with Crippen LogP contribution in [0.2, 0.25) is 0 Å². The maximum atomic E-state index is 12.8. The van der Waals surface area contributed by atoms with Crippen molar-refractivity contribution in [3.63, 3.8) is 0 Å². The predicted octanol–water partition coefficient (Wildman–Crippen LogP) is 6.39. The molecule has 0 aliphatic heterocycles. The number of anilines is 1. The summed E-state index contributed by atoms with van der Waals surface area (Å²) in [6.07, 6.45) is 5.00. The average Bonchev–Trinajstić information content (AvgIpc) is 3.28. The van der Waals surface area contributed by atoms with Crippen LogP contribution in [0.15, 0.2) is 48.5 Å². The van der Waals surface area contributed by atoms with Crippen LogP contribution in [0.3, 0.4) is 0 Å². The van der Waals surface area contributed by atoms with E-state index in [1.54, 1.807) is 22.7 Å². The van der Waals surface area contributed by atoms with Gasteiger partial charge in [0, 0.05) is 10.4 Å². The lowest BCUT2D eigenvalue weighted by Crippen LogP contribution is -2.14. The number of hydrogen-bond donors (Lipinski definition) is 1. The third-order valence-corrected chi connectivity index (χ3v) is 7.64. The molecule has 0 atom stereocenters. The summed E-state index contributed by atoms with van der Waals surface area (Å²) in [5.74, 6) is 0.0385. The second-order valence-electron chi connectivity index (χ2n) is 7.62. The van der Waals surface area contributed by atoms with E-state index in [4.69, 9.17) is 4.98 Å². The van der Waals surface area contributed by atoms with Gasteiger partial charge < -0.3 is 5.32 Å². The van der Waals surface area contributed by atoms with Crippen LogP contribution >= 0.6 is 22.7 Å². The van der Waals surface area contributed by atoms with Gasteiger partial charge in [0.15, 0.2) is 0 Å². The minimum absolute atomic E-state index is 0.0385. The minimum Gasteiger partial charge on any atom is -0.317 e. The van der Waals surface area contributed by atoms with Crippen LogP contribution in [-0.2, 0) is 24.1 Å². The van der Waals surface area contributed by atoms with Crippen molar-refractivity contribution in [1.82, 2.24) is 4.98 Å². The number of thiazole rings is 1. The van der Waals surface area contributed by atoms with Gasteiger partial charge in [-0.3, -0.25) is 4.79 Å². The Bertz CT molecular complexity index is 1170. The molecule has 146 valence electrons. The molecule has 2 heterocycles. The Morgan fingerprint density at radius 2 is 1.93 bits per heavy atom. The standard InChI is InChI=1S/C24H22N2OS2/c1-15-7-6-8-16(13-15)14-21(27)26-24-22(17-9-2-4-11-19(17)28-24)23-25-18-10-3-5-12-20(18)29-23/h3,5-8,10,12-13H,2,4,9,11,14H2,1H3,(H,26,27). The first-order valence-corrected chi connectivity index (χ1v) is 11.7. The zero-order valence-corrected chi connectivity index (χ0v) is 18.0. The van der Waals surface area contributed by atoms with Gasteiger partial charge in [-0.15, -0.1) is 22.7 Å². The molecule has 3 nitrogen and oxygen atoms in total. The zero-order valence-electron chi connectivity index (χ0n) is 16.3. The lowest BCUT2D eigenvalue weighted by atomic mass is 9.95. The number of para-hydroxylation sites is 1. The monoisotopic (exact) mass is 418 g/mol. The van der Waals surface area contributed by atoms with Gasteiger partial charge in [0.2, 0.25) is 5.91 Å². The predicted molar refractivity (Wildman–Crippen MR) is 123 cm³/mol. The average molecular weight is 419 g/mol. The van der Waals surface area contributed by atoms with Crippen molar-refractivity contribution in [3.8, 4) is 10.6 Å². The summed E-state index contributed by atoms with van der Waals surface area (Å²) in [4.78, 5) is 19.2. The number of carbonyl (C=O) groups is 1. The summed E-state index contributed by atoms with van der Waals surface area (Å²) in [5, 5.41) is 5.22. The van der Waals surface area contributed by atoms with Crippen molar-refractivity contribution in [2.75, 3.05) is 5.32 Å². The van der Waals surface area contributed by atoms with Crippen molar-refractivity contribution in [3.05, 3.63) is 70.1 Å². The molecule has 5 rings (SSSR count). The SMILES string of the molecule is Cc1cccc(CC(=O)Nc2sc3c(c2-c2nc4ccccc4s2)CCCC3)c1. The lowest BCUT2D eigenvalue weighted by molar-refractivity contribution is -0.115. The number of carbonyl (C=O) groups excluding carboxylic acids is 1. The van der Waals surface area contributed by atoms with Crippen LogP contribution in [0.1, 0.15) is 34.4 Å². The molecular weight excluding hydrogens is 396 g/mol. The van der Waals surface area contributed by atoms with Gasteiger partial charge in [0.25, 0.3) is 0 Å². The molecule has 2 aromatic carbocycles. The number of aryl methyl sites for hydroxylation is 2. The molecule has 0 unspecified atom stereocenters. The van der Waals surface area contributed by atoms with Crippen molar-refractivity contribution in [2.45, 2.75) is 39.0 Å². The van der Waals surface area contributed by atoms with Crippen molar-refractivity contribution in [1.29, 1.82) is 0 Å². The molecule has 0 radical (unpaired) electrons. The molecule has 0 spiro atoms. The first-order valence-electron chi connectivity index (χ1n) is 10.0. The fourth-order valence-corrected chi connectivity index (χ4v) is 6.45. The first-order chi connectivity index (χ1) is 14.2. The summed E-state index contributed by atoms with van der Waals surface area (Å²) < 4.78 is 1.19. The van der Waals surface area contributed by atoms with Gasteiger partial charge in [0.05, 0.1) is 16.6 Å². The minimum atomic E-state index is 0.0385. The van der Waals surface area contributed by atoms with E-state index in [2.05, 4.69) is 42.6 Å². The Hall–Kier alpha value is -2.50. The summed E-state index contributed by atoms with van der Waals surface area (Å²) in [6, 6.07) is 16.4. The molecule has 0 saturated heterocycles. The van der Waals surface area contributed by atoms with E-state index in [-0.39, 0.29) is 5.91 Å². The number of fused-ring (bicyclic) bond motifs is 2. The highest BCUT2D eigenvalue weighted by Gasteiger charge is 2.25. The molecular formula is C24H22N2OS2. The number of rotatable bonds is 4. The third kappa shape index (κ3) is 3.72. The van der Waals surface area contributed by atoms with E-state index < -0.39 is 0 Å². The van der Waals surface area contributed by atoms with Gasteiger partial charge in [-0.05, 0) is 55.9 Å². The molecule has 0 fully saturated rings. The number of aromatic nitrogens is 1. The summed E-state index contributed by atoms with van der Waals surface area (Å²) in [6.45, 7) is 2.06. The van der Waals surface area contributed by atoms with Gasteiger partial charge in [-0.2, -0.15) is 0 Å². The number of hydrogen-bond acceptors (Lipinski definition) is 4. The number of amides is 1. The van der Waals surface area contributed by atoms with Gasteiger partial charge in [-0.1, -0.05) is 42.0 Å². The van der Waals surface area contributed by atoms with Crippen molar-refractivity contribution < 1.29 is 4.79 Å². The molecule has 2 aromatic heterocycles. The van der Waals surface area contributed by atoms with E-state index in [1.807, 2.05) is 18.2 Å². The first kappa shape index (κ1) is 18.5. The second kappa shape index (κ2) is 7.73. The van der Waals surface area contributed by atoms with Crippen LogP contribution in [0.5, 0.6) is 0 Å². The fraction of sp³-hybridized carbons (Fsp3) is 0.250. The van der Waals surface area contributed by atoms with E-state index in [0.29, 0.717) is 6.42 Å². The number of nitrogens with zero attached hydrogens (tertiary/aromatic N) is 1. The largest absolute Gasteiger partial charge is 0.317 e. The van der Waals surface area contributed by atoms with Gasteiger partial charge >= 0.3 is 0 Å². The Morgan fingerprint density at radius 3 is 2.79 bits per heavy atom. The summed E-state index contributed by atoms with van der Waals surface area (Å²) in [5.41, 5.74) is 5.80. The number of thiophene rings is 1. The van der Waals surface area contributed by atoms with Crippen LogP contribution in [-0.4, -0.2) is 10.9 Å². The van der Waals surface area contributed by atoms with E-state index in [1.165, 1.54) is 33.5 Å². The Balaban J connectivity index is 1.51. The number of nitrogens with one attached hydrogen (secondary N) is 1. The van der Waals surface area contributed by atoms with Gasteiger partial charge in [-0.25, -0.2) is 4.98 Å². The van der Waals surface area contributed by atoms with Crippen molar-refractivity contribution >= 4 is 43.8 Å². The van der Waals surface area contributed by atoms with Crippen LogP contribution in [0.4, 0.5) is 5.00 Å². The zero-order chi connectivity index (χ0) is 19.8. The summed E-state index contributed by atoms with van der Waals surface area (Å²) in [7, 11) is 0. The smallest absolute Gasteiger partial charge is 0.229 e. The molecule has 29 heavy (non-hydrogen) atoms. The highest BCUT2D eigenvalue weighted by molar-refractivity contribution is 7.22. The topological polar surface area (TPSA) is 42.0 Å². The van der Waals surface area contributed by atoms with E-state index in [9.17, 15) is 4.79 Å². The quantitative estimate of drug-likeness (QED) is 0.417. The molecule has 1 aliphatic carbocycles. The Labute approximate surface area is 178 Å². The number of benzene rings is 2. The van der Waals surface area contributed by atoms with Crippen LogP contribution in [0, 0.1) is 6.92 Å². The normalized spacial score (nSPS) is 13.4. The second-order valence-corrected chi connectivity index (χ2v) is 9.75. The Kier molecular flexibility index (Phi) is 4.94. The molecule has 1 amide bonds. The molecule has 0 saturated carbocycles. The fourth-order valence-electron chi connectivity index (χ4n) is 4.04. The van der Waals surface area contributed by atoms with E-state index >= 15 is 0 Å². The highest BCUT2D eigenvalue weighted by Crippen LogP contribution is 2.46. The molecule has 1 aliphatic rings. The maximum Gasteiger partial charge on any atom is 0.229 e. The third-order valence-electron chi connectivity index (χ3n) is 5.38. The lowest BCUT2D eigenvalue weighted by Gasteiger charge is -2.11. The Morgan fingerprint density at radius 1 is 1.07 bits per heavy atom.